The molecule has 2 aromatic carbocycles. The van der Waals surface area contributed by atoms with Gasteiger partial charge in [0.15, 0.2) is 11.9 Å². The van der Waals surface area contributed by atoms with Gasteiger partial charge in [-0.2, -0.15) is 5.10 Å². The highest BCUT2D eigenvalue weighted by atomic mass is 16.5. The van der Waals surface area contributed by atoms with Crippen LogP contribution in [0, 0.1) is 0 Å². The number of benzene rings is 2. The van der Waals surface area contributed by atoms with Crippen molar-refractivity contribution in [3.8, 4) is 5.75 Å². The van der Waals surface area contributed by atoms with Crippen LogP contribution in [-0.2, 0) is 11.8 Å². The number of likely N-dealkylation sites (N-methyl/N-ethyl adjacent to an activating group) is 1. The second-order valence-corrected chi connectivity index (χ2v) is 8.11. The fraction of sp³-hybridized carbons (Fsp3) is 0.360. The lowest BCUT2D eigenvalue weighted by Crippen LogP contribution is -2.43. The van der Waals surface area contributed by atoms with Gasteiger partial charge < -0.3 is 19.3 Å². The number of aliphatic hydroxyl groups excluding tert-OH is 1. The molecule has 0 saturated heterocycles. The summed E-state index contributed by atoms with van der Waals surface area (Å²) >= 11 is 0. The predicted molar refractivity (Wildman–Crippen MR) is 127 cm³/mol. The van der Waals surface area contributed by atoms with Crippen molar-refractivity contribution in [3.63, 3.8) is 0 Å². The molecule has 1 unspecified atom stereocenters. The van der Waals surface area contributed by atoms with Crippen molar-refractivity contribution < 1.29 is 14.6 Å². The van der Waals surface area contributed by atoms with Crippen LogP contribution in [0.4, 0.5) is 5.69 Å². The maximum absolute atomic E-state index is 13.9. The van der Waals surface area contributed by atoms with E-state index in [0.717, 1.165) is 22.3 Å². The van der Waals surface area contributed by atoms with Gasteiger partial charge in [-0.1, -0.05) is 18.2 Å². The first kappa shape index (κ1) is 21.9. The first-order valence-electron chi connectivity index (χ1n) is 11.1. The molecule has 1 amide bonds. The SMILES string of the molecule is CCOc1ccc(N(CC)C(=O)C2=NN(C(C)C)C(O)c3c2c2ccccc2n3C)cc1. The second kappa shape index (κ2) is 8.67. The van der Waals surface area contributed by atoms with Crippen LogP contribution in [-0.4, -0.2) is 45.5 Å². The molecule has 1 aromatic heterocycles. The molecule has 0 radical (unpaired) electrons. The maximum atomic E-state index is 13.9. The molecule has 0 bridgehead atoms. The minimum Gasteiger partial charge on any atom is -0.494 e. The average molecular weight is 435 g/mol. The monoisotopic (exact) mass is 434 g/mol. The van der Waals surface area contributed by atoms with Crippen molar-refractivity contribution >= 4 is 28.2 Å². The quantitative estimate of drug-likeness (QED) is 0.635. The van der Waals surface area contributed by atoms with E-state index in [2.05, 4.69) is 5.10 Å². The molecule has 1 atom stereocenters. The number of anilines is 1. The van der Waals surface area contributed by atoms with Crippen LogP contribution in [0.1, 0.15) is 45.2 Å². The Morgan fingerprint density at radius 2 is 1.84 bits per heavy atom. The van der Waals surface area contributed by atoms with Crippen LogP contribution < -0.4 is 9.64 Å². The van der Waals surface area contributed by atoms with E-state index in [9.17, 15) is 9.90 Å². The van der Waals surface area contributed by atoms with Crippen molar-refractivity contribution in [3.05, 3.63) is 59.8 Å². The van der Waals surface area contributed by atoms with Crippen molar-refractivity contribution in [2.75, 3.05) is 18.1 Å². The van der Waals surface area contributed by atoms with Crippen LogP contribution in [0.3, 0.4) is 0 Å². The summed E-state index contributed by atoms with van der Waals surface area (Å²) in [6, 6.07) is 15.3. The topological polar surface area (TPSA) is 70.3 Å². The number of fused-ring (bicyclic) bond motifs is 3. The minimum atomic E-state index is -0.931. The fourth-order valence-electron chi connectivity index (χ4n) is 4.32. The molecule has 1 N–H and O–H groups in total. The van der Waals surface area contributed by atoms with Crippen molar-refractivity contribution in [1.82, 2.24) is 9.58 Å². The van der Waals surface area contributed by atoms with Crippen LogP contribution in [0.5, 0.6) is 5.75 Å². The third kappa shape index (κ3) is 3.52. The number of nitrogens with zero attached hydrogens (tertiary/aromatic N) is 4. The van der Waals surface area contributed by atoms with Gasteiger partial charge in [0, 0.05) is 41.8 Å². The van der Waals surface area contributed by atoms with Gasteiger partial charge >= 0.3 is 0 Å². The van der Waals surface area contributed by atoms with Crippen molar-refractivity contribution in [2.45, 2.75) is 40.0 Å². The smallest absolute Gasteiger partial charge is 0.279 e. The van der Waals surface area contributed by atoms with Gasteiger partial charge in [0.05, 0.1) is 12.3 Å². The van der Waals surface area contributed by atoms with Crippen LogP contribution in [0.15, 0.2) is 53.6 Å². The summed E-state index contributed by atoms with van der Waals surface area (Å²) in [7, 11) is 1.92. The fourth-order valence-corrected chi connectivity index (χ4v) is 4.32. The van der Waals surface area contributed by atoms with E-state index in [0.29, 0.717) is 30.1 Å². The van der Waals surface area contributed by atoms with Crippen LogP contribution in [0.25, 0.3) is 10.9 Å². The first-order valence-corrected chi connectivity index (χ1v) is 11.1. The Labute approximate surface area is 188 Å². The summed E-state index contributed by atoms with van der Waals surface area (Å²) in [5.74, 6) is 0.562. The number of amides is 1. The molecule has 2 heterocycles. The van der Waals surface area contributed by atoms with Crippen LogP contribution in [0.2, 0.25) is 0 Å². The van der Waals surface area contributed by atoms with Gasteiger partial charge in [-0.3, -0.25) is 9.80 Å². The standard InChI is InChI=1S/C25H30N4O3/c1-6-28(17-12-14-18(15-13-17)32-7-2)24(30)22-21-19-10-8-9-11-20(19)27(5)23(21)25(31)29(26-22)16(3)4/h8-16,25,31H,6-7H2,1-5H3. The number of hydrazone groups is 1. The van der Waals surface area contributed by atoms with E-state index in [-0.39, 0.29) is 11.9 Å². The zero-order valence-corrected chi connectivity index (χ0v) is 19.2. The molecular formula is C25H30N4O3. The molecule has 7 nitrogen and oxygen atoms in total. The molecule has 0 aliphatic carbocycles. The largest absolute Gasteiger partial charge is 0.494 e. The number of carbonyl (C=O) groups excluding carboxylic acids is 1. The zero-order valence-electron chi connectivity index (χ0n) is 19.2. The highest BCUT2D eigenvalue weighted by Gasteiger charge is 2.37. The van der Waals surface area contributed by atoms with E-state index >= 15 is 0 Å². The third-order valence-electron chi connectivity index (χ3n) is 5.85. The molecule has 32 heavy (non-hydrogen) atoms. The van der Waals surface area contributed by atoms with Gasteiger partial charge in [0.1, 0.15) is 5.75 Å². The molecule has 0 saturated carbocycles. The predicted octanol–water partition coefficient (Wildman–Crippen LogP) is 4.05. The van der Waals surface area contributed by atoms with Gasteiger partial charge in [0.25, 0.3) is 5.91 Å². The van der Waals surface area contributed by atoms with Crippen LogP contribution >= 0.6 is 0 Å². The summed E-state index contributed by atoms with van der Waals surface area (Å²) in [5.41, 5.74) is 3.44. The van der Waals surface area contributed by atoms with E-state index in [1.807, 2.05) is 87.8 Å². The molecule has 1 aliphatic rings. The number of para-hydroxylation sites is 1. The number of rotatable bonds is 6. The summed E-state index contributed by atoms with van der Waals surface area (Å²) in [6.07, 6.45) is -0.931. The average Bonchev–Trinajstić information content (AvgIpc) is 3.09. The lowest BCUT2D eigenvalue weighted by atomic mass is 10.0. The molecule has 1 aliphatic heterocycles. The summed E-state index contributed by atoms with van der Waals surface area (Å²) in [6.45, 7) is 8.85. The van der Waals surface area contributed by atoms with E-state index < -0.39 is 6.23 Å². The molecule has 3 aromatic rings. The van der Waals surface area contributed by atoms with Crippen molar-refractivity contribution in [2.24, 2.45) is 12.1 Å². The summed E-state index contributed by atoms with van der Waals surface area (Å²) in [4.78, 5) is 15.6. The Hall–Kier alpha value is -3.32. The zero-order chi connectivity index (χ0) is 23.0. The highest BCUT2D eigenvalue weighted by Crippen LogP contribution is 2.37. The number of ether oxygens (including phenoxy) is 1. The Morgan fingerprint density at radius 1 is 1.16 bits per heavy atom. The lowest BCUT2D eigenvalue weighted by Gasteiger charge is -2.35. The second-order valence-electron chi connectivity index (χ2n) is 8.11. The van der Waals surface area contributed by atoms with Gasteiger partial charge in [-0.05, 0) is 58.0 Å². The number of aromatic nitrogens is 1. The molecule has 4 rings (SSSR count). The summed E-state index contributed by atoms with van der Waals surface area (Å²) in [5, 5.41) is 18.3. The Balaban J connectivity index is 1.84. The van der Waals surface area contributed by atoms with E-state index in [4.69, 9.17) is 4.74 Å². The Bertz CT molecular complexity index is 1160. The number of hydrogen-bond acceptors (Lipinski definition) is 5. The number of carbonyl (C=O) groups is 1. The molecule has 7 heteroatoms. The number of aryl methyl sites for hydroxylation is 1. The van der Waals surface area contributed by atoms with E-state index in [1.165, 1.54) is 0 Å². The molecular weight excluding hydrogens is 404 g/mol. The molecule has 168 valence electrons. The highest BCUT2D eigenvalue weighted by molar-refractivity contribution is 6.51. The van der Waals surface area contributed by atoms with Crippen molar-refractivity contribution in [1.29, 1.82) is 0 Å². The van der Waals surface area contributed by atoms with Gasteiger partial charge in [-0.15, -0.1) is 0 Å². The molecule has 0 spiro atoms. The third-order valence-corrected chi connectivity index (χ3v) is 5.85. The maximum Gasteiger partial charge on any atom is 0.279 e. The van der Waals surface area contributed by atoms with Gasteiger partial charge in [-0.25, -0.2) is 0 Å². The summed E-state index contributed by atoms with van der Waals surface area (Å²) < 4.78 is 7.49. The molecule has 0 fully saturated rings. The van der Waals surface area contributed by atoms with Gasteiger partial charge in [0.2, 0.25) is 0 Å². The lowest BCUT2D eigenvalue weighted by molar-refractivity contribution is -0.112. The number of hydrogen-bond donors (Lipinski definition) is 1. The Kier molecular flexibility index (Phi) is 5.93. The minimum absolute atomic E-state index is 0.0838. The van der Waals surface area contributed by atoms with E-state index in [1.54, 1.807) is 9.91 Å². The Morgan fingerprint density at radius 3 is 2.47 bits per heavy atom. The number of aliphatic hydroxyl groups is 1. The normalized spacial score (nSPS) is 15.7. The first-order chi connectivity index (χ1) is 15.4.